The standard InChI is InChI=1S/C13H22N4O3/c14-11(18)9-10-1-5-16(6-2-10)12(19)13(20)17-7-3-15-4-8-17/h10,15H,1-9H2,(H2,14,18). The van der Waals surface area contributed by atoms with Gasteiger partial charge in [0.15, 0.2) is 0 Å². The molecule has 0 spiro atoms. The lowest BCUT2D eigenvalue weighted by atomic mass is 9.93. The second-order valence-corrected chi connectivity index (χ2v) is 5.45. The first kappa shape index (κ1) is 14.8. The van der Waals surface area contributed by atoms with Gasteiger partial charge >= 0.3 is 11.8 Å². The van der Waals surface area contributed by atoms with Gasteiger partial charge in [-0.2, -0.15) is 0 Å². The van der Waals surface area contributed by atoms with E-state index < -0.39 is 11.8 Å². The number of nitrogens with two attached hydrogens (primary N) is 1. The largest absolute Gasteiger partial charge is 0.370 e. The van der Waals surface area contributed by atoms with Crippen LogP contribution in [0.4, 0.5) is 0 Å². The minimum absolute atomic E-state index is 0.242. The van der Waals surface area contributed by atoms with Gasteiger partial charge in [-0.05, 0) is 18.8 Å². The van der Waals surface area contributed by atoms with E-state index in [2.05, 4.69) is 5.32 Å². The topological polar surface area (TPSA) is 95.7 Å². The van der Waals surface area contributed by atoms with E-state index in [-0.39, 0.29) is 11.8 Å². The van der Waals surface area contributed by atoms with Crippen molar-refractivity contribution < 1.29 is 14.4 Å². The second-order valence-electron chi connectivity index (χ2n) is 5.45. The fraction of sp³-hybridized carbons (Fsp3) is 0.769. The minimum Gasteiger partial charge on any atom is -0.370 e. The van der Waals surface area contributed by atoms with Crippen LogP contribution in [0.3, 0.4) is 0 Å². The number of hydrogen-bond acceptors (Lipinski definition) is 4. The van der Waals surface area contributed by atoms with Gasteiger partial charge < -0.3 is 20.9 Å². The third-order valence-corrected chi connectivity index (χ3v) is 3.98. The Kier molecular flexibility index (Phi) is 4.94. The average molecular weight is 282 g/mol. The molecule has 0 aromatic heterocycles. The van der Waals surface area contributed by atoms with E-state index in [1.807, 2.05) is 0 Å². The van der Waals surface area contributed by atoms with E-state index in [9.17, 15) is 14.4 Å². The molecule has 0 saturated carbocycles. The van der Waals surface area contributed by atoms with Crippen LogP contribution >= 0.6 is 0 Å². The molecule has 2 heterocycles. The third-order valence-electron chi connectivity index (χ3n) is 3.98. The van der Waals surface area contributed by atoms with Gasteiger partial charge in [-0.1, -0.05) is 0 Å². The number of piperidine rings is 1. The van der Waals surface area contributed by atoms with Crippen molar-refractivity contribution in [2.75, 3.05) is 39.3 Å². The normalized spacial score (nSPS) is 20.8. The highest BCUT2D eigenvalue weighted by molar-refractivity contribution is 6.34. The molecule has 112 valence electrons. The van der Waals surface area contributed by atoms with Gasteiger partial charge in [0, 0.05) is 45.7 Å². The van der Waals surface area contributed by atoms with Crippen molar-refractivity contribution in [2.45, 2.75) is 19.3 Å². The predicted molar refractivity (Wildman–Crippen MR) is 72.6 cm³/mol. The summed E-state index contributed by atoms with van der Waals surface area (Å²) in [7, 11) is 0. The number of amides is 3. The van der Waals surface area contributed by atoms with Gasteiger partial charge in [0.2, 0.25) is 5.91 Å². The molecule has 0 aliphatic carbocycles. The zero-order valence-electron chi connectivity index (χ0n) is 11.6. The fourth-order valence-electron chi connectivity index (χ4n) is 2.76. The lowest BCUT2D eigenvalue weighted by Crippen LogP contribution is -2.53. The van der Waals surface area contributed by atoms with Crippen molar-refractivity contribution in [3.63, 3.8) is 0 Å². The first-order valence-corrected chi connectivity index (χ1v) is 7.15. The second kappa shape index (κ2) is 6.69. The van der Waals surface area contributed by atoms with Crippen LogP contribution in [0, 0.1) is 5.92 Å². The number of likely N-dealkylation sites (tertiary alicyclic amines) is 1. The van der Waals surface area contributed by atoms with Gasteiger partial charge in [-0.15, -0.1) is 0 Å². The third kappa shape index (κ3) is 3.69. The first-order chi connectivity index (χ1) is 9.58. The van der Waals surface area contributed by atoms with Gasteiger partial charge in [-0.25, -0.2) is 0 Å². The molecule has 3 amide bonds. The number of carbonyl (C=O) groups is 3. The smallest absolute Gasteiger partial charge is 0.312 e. The summed E-state index contributed by atoms with van der Waals surface area (Å²) in [6.45, 7) is 3.72. The molecular weight excluding hydrogens is 260 g/mol. The molecule has 20 heavy (non-hydrogen) atoms. The van der Waals surface area contributed by atoms with Crippen LogP contribution in [0.1, 0.15) is 19.3 Å². The summed E-state index contributed by atoms with van der Waals surface area (Å²) in [4.78, 5) is 38.3. The van der Waals surface area contributed by atoms with Crippen LogP contribution in [-0.4, -0.2) is 66.8 Å². The van der Waals surface area contributed by atoms with Gasteiger partial charge in [-0.3, -0.25) is 14.4 Å². The maximum atomic E-state index is 12.1. The molecule has 2 aliphatic heterocycles. The average Bonchev–Trinajstić information content (AvgIpc) is 2.47. The molecule has 2 saturated heterocycles. The number of primary amides is 1. The lowest BCUT2D eigenvalue weighted by molar-refractivity contribution is -0.153. The summed E-state index contributed by atoms with van der Waals surface area (Å²) in [6.07, 6.45) is 1.85. The van der Waals surface area contributed by atoms with Crippen molar-refractivity contribution in [2.24, 2.45) is 11.7 Å². The van der Waals surface area contributed by atoms with E-state index in [4.69, 9.17) is 5.73 Å². The van der Waals surface area contributed by atoms with E-state index in [0.717, 1.165) is 25.9 Å². The van der Waals surface area contributed by atoms with Crippen LogP contribution in [0.5, 0.6) is 0 Å². The Hall–Kier alpha value is -1.63. The van der Waals surface area contributed by atoms with Crippen molar-refractivity contribution in [1.82, 2.24) is 15.1 Å². The lowest BCUT2D eigenvalue weighted by Gasteiger charge is -2.33. The number of nitrogens with one attached hydrogen (secondary N) is 1. The molecule has 2 rings (SSSR count). The van der Waals surface area contributed by atoms with Crippen LogP contribution in [0.25, 0.3) is 0 Å². The Morgan fingerprint density at radius 3 is 1.95 bits per heavy atom. The van der Waals surface area contributed by atoms with Crippen molar-refractivity contribution >= 4 is 17.7 Å². The molecule has 0 unspecified atom stereocenters. The Labute approximate surface area is 118 Å². The van der Waals surface area contributed by atoms with Crippen molar-refractivity contribution in [3.05, 3.63) is 0 Å². The fourth-order valence-corrected chi connectivity index (χ4v) is 2.76. The number of hydrogen-bond donors (Lipinski definition) is 2. The SMILES string of the molecule is NC(=O)CC1CCN(C(=O)C(=O)N2CCNCC2)CC1. The molecule has 0 aromatic rings. The number of nitrogens with zero attached hydrogens (tertiary/aromatic N) is 2. The molecule has 0 bridgehead atoms. The van der Waals surface area contributed by atoms with Gasteiger partial charge in [0.05, 0.1) is 0 Å². The van der Waals surface area contributed by atoms with Crippen molar-refractivity contribution in [1.29, 1.82) is 0 Å². The van der Waals surface area contributed by atoms with Crippen LogP contribution < -0.4 is 11.1 Å². The summed E-state index contributed by atoms with van der Waals surface area (Å²) in [5.41, 5.74) is 5.18. The summed E-state index contributed by atoms with van der Waals surface area (Å²) >= 11 is 0. The van der Waals surface area contributed by atoms with E-state index >= 15 is 0 Å². The van der Waals surface area contributed by atoms with E-state index in [0.29, 0.717) is 32.6 Å². The summed E-state index contributed by atoms with van der Waals surface area (Å²) < 4.78 is 0. The van der Waals surface area contributed by atoms with Crippen LogP contribution in [0.15, 0.2) is 0 Å². The molecule has 2 aliphatic rings. The molecule has 2 fully saturated rings. The summed E-state index contributed by atoms with van der Waals surface area (Å²) in [5.74, 6) is -0.873. The first-order valence-electron chi connectivity index (χ1n) is 7.15. The van der Waals surface area contributed by atoms with Crippen LogP contribution in [0.2, 0.25) is 0 Å². The van der Waals surface area contributed by atoms with Gasteiger partial charge in [0.1, 0.15) is 0 Å². The highest BCUT2D eigenvalue weighted by Gasteiger charge is 2.30. The molecule has 0 radical (unpaired) electrons. The van der Waals surface area contributed by atoms with Crippen molar-refractivity contribution in [3.8, 4) is 0 Å². The Bertz CT molecular complexity index is 385. The summed E-state index contributed by atoms with van der Waals surface area (Å²) in [5, 5.41) is 3.15. The molecule has 0 aromatic carbocycles. The number of carbonyl (C=O) groups excluding carboxylic acids is 3. The Morgan fingerprint density at radius 2 is 1.45 bits per heavy atom. The zero-order chi connectivity index (χ0) is 14.5. The molecule has 0 atom stereocenters. The Morgan fingerprint density at radius 1 is 0.950 bits per heavy atom. The predicted octanol–water partition coefficient (Wildman–Crippen LogP) is -1.47. The maximum absolute atomic E-state index is 12.1. The molecule has 3 N–H and O–H groups in total. The zero-order valence-corrected chi connectivity index (χ0v) is 11.6. The van der Waals surface area contributed by atoms with E-state index in [1.54, 1.807) is 9.80 Å². The Balaban J connectivity index is 1.81. The maximum Gasteiger partial charge on any atom is 0.312 e. The number of rotatable bonds is 2. The quantitative estimate of drug-likeness (QED) is 0.605. The molecule has 7 nitrogen and oxygen atoms in total. The number of piperazine rings is 1. The van der Waals surface area contributed by atoms with Crippen LogP contribution in [-0.2, 0) is 14.4 Å². The van der Waals surface area contributed by atoms with Gasteiger partial charge in [0.25, 0.3) is 0 Å². The molecule has 7 heteroatoms. The highest BCUT2D eigenvalue weighted by atomic mass is 16.2. The monoisotopic (exact) mass is 282 g/mol. The minimum atomic E-state index is -0.413. The van der Waals surface area contributed by atoms with E-state index in [1.165, 1.54) is 0 Å². The molecular formula is C13H22N4O3. The summed E-state index contributed by atoms with van der Waals surface area (Å²) in [6, 6.07) is 0. The highest BCUT2D eigenvalue weighted by Crippen LogP contribution is 2.20.